The average molecular weight is 389 g/mol. The van der Waals surface area contributed by atoms with Crippen LogP contribution in [0.1, 0.15) is 34.0 Å². The van der Waals surface area contributed by atoms with E-state index in [9.17, 15) is 9.59 Å². The van der Waals surface area contributed by atoms with Gasteiger partial charge in [0.2, 0.25) is 0 Å². The Kier molecular flexibility index (Phi) is 5.13. The van der Waals surface area contributed by atoms with Crippen molar-refractivity contribution in [2.45, 2.75) is 13.8 Å². The number of hydrogen-bond donors (Lipinski definition) is 0. The molecule has 0 fully saturated rings. The molecule has 7 heteroatoms. The summed E-state index contributed by atoms with van der Waals surface area (Å²) in [5, 5.41) is 1.15. The minimum Gasteiger partial charge on any atom is -0.461 e. The van der Waals surface area contributed by atoms with Crippen molar-refractivity contribution in [1.29, 1.82) is 0 Å². The molecular weight excluding hydrogens is 378 g/mol. The largest absolute Gasteiger partial charge is 0.461 e. The van der Waals surface area contributed by atoms with Crippen LogP contribution in [0.25, 0.3) is 10.6 Å². The molecule has 0 bridgehead atoms. The molecule has 1 aromatic heterocycles. The normalized spacial score (nSPS) is 10.5. The van der Waals surface area contributed by atoms with Crippen LogP contribution in [0, 0.1) is 0 Å². The second-order valence-electron chi connectivity index (χ2n) is 4.10. The molecule has 0 atom stereocenters. The summed E-state index contributed by atoms with van der Waals surface area (Å²) < 4.78 is 5.65. The number of thiazole rings is 1. The van der Waals surface area contributed by atoms with Crippen LogP contribution in [-0.4, -0.2) is 23.3 Å². The van der Waals surface area contributed by atoms with E-state index >= 15 is 0 Å². The maximum atomic E-state index is 11.9. The predicted molar refractivity (Wildman–Crippen MR) is 86.2 cm³/mol. The fourth-order valence-corrected chi connectivity index (χ4v) is 3.09. The number of halogens is 2. The van der Waals surface area contributed by atoms with E-state index in [2.05, 4.69) is 20.9 Å². The maximum Gasteiger partial charge on any atom is 0.358 e. The zero-order valence-electron chi connectivity index (χ0n) is 11.3. The third-order valence-electron chi connectivity index (χ3n) is 2.58. The van der Waals surface area contributed by atoms with Gasteiger partial charge in [0.05, 0.1) is 11.6 Å². The minimum absolute atomic E-state index is 0.0652. The zero-order valence-corrected chi connectivity index (χ0v) is 14.4. The highest BCUT2D eigenvalue weighted by Crippen LogP contribution is 2.33. The van der Waals surface area contributed by atoms with E-state index < -0.39 is 5.97 Å². The molecule has 21 heavy (non-hydrogen) atoms. The quantitative estimate of drug-likeness (QED) is 0.567. The summed E-state index contributed by atoms with van der Waals surface area (Å²) in [4.78, 5) is 28.1. The SMILES string of the molecule is CCOC(=O)c1nc(-c2ccc(Cl)c(Br)c2)sc1C(C)=O. The molecular formula is C14H11BrClNO3S. The predicted octanol–water partition coefficient (Wildman–Crippen LogP) is 4.61. The smallest absolute Gasteiger partial charge is 0.358 e. The molecule has 0 aliphatic rings. The summed E-state index contributed by atoms with van der Waals surface area (Å²) in [5.41, 5.74) is 0.838. The van der Waals surface area contributed by atoms with Crippen LogP contribution in [0.4, 0.5) is 0 Å². The van der Waals surface area contributed by atoms with Gasteiger partial charge in [-0.15, -0.1) is 11.3 Å². The molecule has 2 rings (SSSR count). The highest BCUT2D eigenvalue weighted by atomic mass is 79.9. The lowest BCUT2D eigenvalue weighted by atomic mass is 10.2. The fourth-order valence-electron chi connectivity index (χ4n) is 1.65. The first kappa shape index (κ1) is 16.1. The maximum absolute atomic E-state index is 11.9. The van der Waals surface area contributed by atoms with E-state index in [1.165, 1.54) is 6.92 Å². The van der Waals surface area contributed by atoms with Crippen molar-refractivity contribution in [2.24, 2.45) is 0 Å². The molecule has 0 amide bonds. The number of ketones is 1. The third-order valence-corrected chi connectivity index (χ3v) is 5.00. The van der Waals surface area contributed by atoms with Gasteiger partial charge < -0.3 is 4.74 Å². The van der Waals surface area contributed by atoms with Crippen LogP contribution in [0.2, 0.25) is 5.02 Å². The van der Waals surface area contributed by atoms with Crippen molar-refractivity contribution in [3.8, 4) is 10.6 Å². The van der Waals surface area contributed by atoms with Gasteiger partial charge in [-0.2, -0.15) is 0 Å². The van der Waals surface area contributed by atoms with E-state index in [0.717, 1.165) is 21.4 Å². The lowest BCUT2D eigenvalue weighted by Crippen LogP contribution is -2.09. The van der Waals surface area contributed by atoms with Gasteiger partial charge in [-0.05, 0) is 35.0 Å². The third kappa shape index (κ3) is 3.51. The van der Waals surface area contributed by atoms with E-state index in [1.807, 2.05) is 0 Å². The molecule has 0 aliphatic carbocycles. The van der Waals surface area contributed by atoms with Gasteiger partial charge in [0.1, 0.15) is 9.88 Å². The summed E-state index contributed by atoms with van der Waals surface area (Å²) >= 11 is 10.5. The van der Waals surface area contributed by atoms with Crippen LogP contribution in [0.5, 0.6) is 0 Å². The van der Waals surface area contributed by atoms with Crippen molar-refractivity contribution in [3.63, 3.8) is 0 Å². The summed E-state index contributed by atoms with van der Waals surface area (Å²) in [6.45, 7) is 3.34. The molecule has 0 saturated carbocycles. The monoisotopic (exact) mass is 387 g/mol. The first-order valence-corrected chi connectivity index (χ1v) is 8.07. The summed E-state index contributed by atoms with van der Waals surface area (Å²) in [5.74, 6) is -0.798. The molecule has 0 N–H and O–H groups in total. The number of carbonyl (C=O) groups is 2. The summed E-state index contributed by atoms with van der Waals surface area (Å²) in [6.07, 6.45) is 0. The lowest BCUT2D eigenvalue weighted by Gasteiger charge is -2.00. The molecule has 1 aromatic carbocycles. The topological polar surface area (TPSA) is 56.3 Å². The minimum atomic E-state index is -0.585. The Hall–Kier alpha value is -1.24. The standard InChI is InChI=1S/C14H11BrClNO3S/c1-3-20-14(19)11-12(7(2)18)21-13(17-11)8-4-5-10(16)9(15)6-8/h4-6H,3H2,1-2H3. The molecule has 0 saturated heterocycles. The number of carbonyl (C=O) groups excluding carboxylic acids is 2. The van der Waals surface area contributed by atoms with Crippen molar-refractivity contribution >= 4 is 50.6 Å². The molecule has 1 heterocycles. The van der Waals surface area contributed by atoms with E-state index in [4.69, 9.17) is 16.3 Å². The first-order valence-electron chi connectivity index (χ1n) is 6.08. The molecule has 0 spiro atoms. The van der Waals surface area contributed by atoms with Crippen LogP contribution < -0.4 is 0 Å². The van der Waals surface area contributed by atoms with Gasteiger partial charge in [-0.1, -0.05) is 17.7 Å². The van der Waals surface area contributed by atoms with Gasteiger partial charge in [-0.25, -0.2) is 9.78 Å². The summed E-state index contributed by atoms with van der Waals surface area (Å²) in [6, 6.07) is 5.30. The van der Waals surface area contributed by atoms with Gasteiger partial charge in [0, 0.05) is 17.0 Å². The number of rotatable bonds is 4. The lowest BCUT2D eigenvalue weighted by molar-refractivity contribution is 0.0517. The second-order valence-corrected chi connectivity index (χ2v) is 6.36. The molecule has 0 aliphatic heterocycles. The van der Waals surface area contributed by atoms with Crippen molar-refractivity contribution in [1.82, 2.24) is 4.98 Å². The first-order chi connectivity index (χ1) is 9.93. The van der Waals surface area contributed by atoms with Gasteiger partial charge in [0.25, 0.3) is 0 Å². The Balaban J connectivity index is 2.50. The number of nitrogens with zero attached hydrogens (tertiary/aromatic N) is 1. The number of ether oxygens (including phenoxy) is 1. The second kappa shape index (κ2) is 6.68. The van der Waals surface area contributed by atoms with Crippen LogP contribution in [0.3, 0.4) is 0 Å². The highest BCUT2D eigenvalue weighted by Gasteiger charge is 2.22. The Morgan fingerprint density at radius 1 is 1.43 bits per heavy atom. The zero-order chi connectivity index (χ0) is 15.6. The molecule has 0 radical (unpaired) electrons. The molecule has 110 valence electrons. The van der Waals surface area contributed by atoms with Gasteiger partial charge >= 0.3 is 5.97 Å². The highest BCUT2D eigenvalue weighted by molar-refractivity contribution is 9.10. The van der Waals surface area contributed by atoms with Gasteiger partial charge in [-0.3, -0.25) is 4.79 Å². The Bertz CT molecular complexity index is 714. The van der Waals surface area contributed by atoms with E-state index in [-0.39, 0.29) is 18.1 Å². The number of hydrogen-bond acceptors (Lipinski definition) is 5. The average Bonchev–Trinajstić information content (AvgIpc) is 2.87. The van der Waals surface area contributed by atoms with Crippen LogP contribution in [0.15, 0.2) is 22.7 Å². The molecule has 4 nitrogen and oxygen atoms in total. The van der Waals surface area contributed by atoms with E-state index in [1.54, 1.807) is 25.1 Å². The molecule has 2 aromatic rings. The number of Topliss-reactive ketones (excluding diaryl/α,β-unsaturated/α-hetero) is 1. The molecule has 0 unspecified atom stereocenters. The van der Waals surface area contributed by atoms with Crippen LogP contribution in [-0.2, 0) is 4.74 Å². The van der Waals surface area contributed by atoms with Crippen molar-refractivity contribution in [3.05, 3.63) is 38.3 Å². The van der Waals surface area contributed by atoms with Crippen molar-refractivity contribution < 1.29 is 14.3 Å². The van der Waals surface area contributed by atoms with Crippen molar-refractivity contribution in [2.75, 3.05) is 6.61 Å². The summed E-state index contributed by atoms with van der Waals surface area (Å²) in [7, 11) is 0. The Morgan fingerprint density at radius 2 is 2.14 bits per heavy atom. The number of esters is 1. The number of aromatic nitrogens is 1. The Labute approximate surface area is 139 Å². The van der Waals surface area contributed by atoms with E-state index in [0.29, 0.717) is 14.9 Å². The van der Waals surface area contributed by atoms with Crippen LogP contribution >= 0.6 is 38.9 Å². The number of benzene rings is 1. The Morgan fingerprint density at radius 3 is 2.71 bits per heavy atom. The fraction of sp³-hybridized carbons (Fsp3) is 0.214. The van der Waals surface area contributed by atoms with Gasteiger partial charge in [0.15, 0.2) is 11.5 Å².